The molecule has 10 heteroatoms. The van der Waals surface area contributed by atoms with Crippen molar-refractivity contribution >= 4 is 52.1 Å². The number of rotatable bonds is 8. The van der Waals surface area contributed by atoms with Crippen molar-refractivity contribution < 1.29 is 23.5 Å². The van der Waals surface area contributed by atoms with Gasteiger partial charge in [0.2, 0.25) is 0 Å². The van der Waals surface area contributed by atoms with E-state index in [1.165, 1.54) is 68.8 Å². The molecule has 0 aromatic heterocycles. The van der Waals surface area contributed by atoms with E-state index in [2.05, 4.69) is 5.32 Å². The number of anilines is 1. The van der Waals surface area contributed by atoms with Gasteiger partial charge in [-0.2, -0.15) is 0 Å². The van der Waals surface area contributed by atoms with Crippen molar-refractivity contribution in [2.45, 2.75) is 76.3 Å². The highest BCUT2D eigenvalue weighted by molar-refractivity contribution is 8.18. The summed E-state index contributed by atoms with van der Waals surface area (Å²) in [5.74, 6) is -0.266. The quantitative estimate of drug-likeness (QED) is 0.319. The first kappa shape index (κ1) is 29.5. The first-order chi connectivity index (χ1) is 19.9. The summed E-state index contributed by atoms with van der Waals surface area (Å²) in [5.41, 5.74) is 1.14. The van der Waals surface area contributed by atoms with Crippen LogP contribution in [0.4, 0.5) is 10.1 Å². The average Bonchev–Trinajstić information content (AvgIpc) is 3.28. The minimum absolute atomic E-state index is 0.00987. The number of benzene rings is 2. The summed E-state index contributed by atoms with van der Waals surface area (Å²) in [5, 5.41) is 3.72. The van der Waals surface area contributed by atoms with Crippen LogP contribution in [0.15, 0.2) is 46.3 Å². The Labute approximate surface area is 249 Å². The highest BCUT2D eigenvalue weighted by atomic mass is 35.5. The van der Waals surface area contributed by atoms with Crippen molar-refractivity contribution in [2.75, 3.05) is 19.0 Å². The summed E-state index contributed by atoms with van der Waals surface area (Å²) in [6.45, 7) is -0.320. The number of carbonyl (C=O) groups excluding carboxylic acids is 2. The van der Waals surface area contributed by atoms with E-state index in [-0.39, 0.29) is 35.4 Å². The fraction of sp³-hybridized carbons (Fsp3) is 0.452. The number of hydrogen-bond donors (Lipinski definition) is 1. The number of nitrogens with zero attached hydrogens (tertiary/aromatic N) is 2. The molecule has 1 heterocycles. The van der Waals surface area contributed by atoms with Gasteiger partial charge in [0.1, 0.15) is 5.82 Å². The van der Waals surface area contributed by atoms with Crippen LogP contribution in [0.2, 0.25) is 5.02 Å². The lowest BCUT2D eigenvalue weighted by molar-refractivity contribution is -0.124. The van der Waals surface area contributed by atoms with Crippen LogP contribution in [-0.2, 0) is 9.59 Å². The van der Waals surface area contributed by atoms with Gasteiger partial charge < -0.3 is 14.8 Å². The summed E-state index contributed by atoms with van der Waals surface area (Å²) >= 11 is 8.02. The highest BCUT2D eigenvalue weighted by Crippen LogP contribution is 2.41. The molecule has 41 heavy (non-hydrogen) atoms. The number of aliphatic imine (C=N–C) groups is 1. The largest absolute Gasteiger partial charge is 0.493 e. The molecule has 0 atom stereocenters. The molecule has 3 fully saturated rings. The molecule has 0 spiro atoms. The molecule has 0 bridgehead atoms. The van der Waals surface area contributed by atoms with Crippen molar-refractivity contribution in [3.05, 3.63) is 57.7 Å². The Kier molecular flexibility index (Phi) is 9.88. The van der Waals surface area contributed by atoms with Gasteiger partial charge in [0.05, 0.1) is 23.1 Å². The number of ether oxygens (including phenoxy) is 2. The number of halogens is 2. The van der Waals surface area contributed by atoms with Crippen LogP contribution in [0.3, 0.4) is 0 Å². The Bertz CT molecular complexity index is 1320. The number of amidine groups is 1. The van der Waals surface area contributed by atoms with Gasteiger partial charge in [-0.15, -0.1) is 0 Å². The lowest BCUT2D eigenvalue weighted by Gasteiger charge is -2.31. The Balaban J connectivity index is 1.33. The van der Waals surface area contributed by atoms with Crippen molar-refractivity contribution in [3.8, 4) is 11.5 Å². The van der Waals surface area contributed by atoms with Gasteiger partial charge >= 0.3 is 0 Å². The van der Waals surface area contributed by atoms with E-state index in [0.29, 0.717) is 21.9 Å². The van der Waals surface area contributed by atoms with Crippen LogP contribution in [0, 0.1) is 5.82 Å². The molecule has 0 radical (unpaired) electrons. The number of amides is 2. The summed E-state index contributed by atoms with van der Waals surface area (Å²) < 4.78 is 24.3. The zero-order valence-electron chi connectivity index (χ0n) is 23.2. The Morgan fingerprint density at radius 1 is 1.10 bits per heavy atom. The van der Waals surface area contributed by atoms with Crippen molar-refractivity contribution in [1.29, 1.82) is 0 Å². The van der Waals surface area contributed by atoms with Crippen molar-refractivity contribution in [1.82, 2.24) is 4.90 Å². The Morgan fingerprint density at radius 2 is 1.78 bits per heavy atom. The van der Waals surface area contributed by atoms with Gasteiger partial charge in [0.15, 0.2) is 23.3 Å². The van der Waals surface area contributed by atoms with Crippen LogP contribution < -0.4 is 14.8 Å². The van der Waals surface area contributed by atoms with E-state index in [0.717, 1.165) is 43.7 Å². The molecule has 2 aliphatic carbocycles. The fourth-order valence-corrected chi connectivity index (χ4v) is 6.97. The summed E-state index contributed by atoms with van der Waals surface area (Å²) in [6, 6.07) is 9.34. The molecule has 2 saturated carbocycles. The number of carbonyl (C=O) groups is 2. The molecule has 2 amide bonds. The molecule has 7 nitrogen and oxygen atoms in total. The van der Waals surface area contributed by atoms with Gasteiger partial charge in [-0.3, -0.25) is 19.5 Å². The van der Waals surface area contributed by atoms with Crippen LogP contribution in [0.5, 0.6) is 11.5 Å². The van der Waals surface area contributed by atoms with Crippen LogP contribution >= 0.6 is 23.4 Å². The number of nitrogens with one attached hydrogen (secondary N) is 1. The van der Waals surface area contributed by atoms with Crippen LogP contribution in [-0.4, -0.2) is 47.7 Å². The van der Waals surface area contributed by atoms with E-state index in [1.54, 1.807) is 12.1 Å². The lowest BCUT2D eigenvalue weighted by Crippen LogP contribution is -2.41. The maximum atomic E-state index is 13.7. The smallest absolute Gasteiger partial charge is 0.266 e. The molecule has 2 aromatic rings. The van der Waals surface area contributed by atoms with E-state index in [4.69, 9.17) is 26.1 Å². The molecule has 3 aliphatic rings. The number of methoxy groups -OCH3 is 1. The second-order valence-corrected chi connectivity index (χ2v) is 12.1. The SMILES string of the molecule is COc1cc(C=C2SC(=NC3CCCCC3)N(C3CCCCC3)C2=O)cc(Cl)c1OCC(=O)Nc1ccc(F)cc1. The van der Waals surface area contributed by atoms with Crippen molar-refractivity contribution in [2.24, 2.45) is 4.99 Å². The molecule has 1 aliphatic heterocycles. The first-order valence-corrected chi connectivity index (χ1v) is 15.5. The van der Waals surface area contributed by atoms with Gasteiger partial charge in [-0.05, 0) is 85.5 Å². The van der Waals surface area contributed by atoms with E-state index >= 15 is 0 Å². The molecule has 1 saturated heterocycles. The lowest BCUT2D eigenvalue weighted by atomic mass is 9.94. The predicted molar refractivity (Wildman–Crippen MR) is 162 cm³/mol. The monoisotopic (exact) mass is 599 g/mol. The number of hydrogen-bond acceptors (Lipinski definition) is 6. The third kappa shape index (κ3) is 7.43. The average molecular weight is 600 g/mol. The molecular weight excluding hydrogens is 565 g/mol. The normalized spacial score (nSPS) is 20.6. The summed E-state index contributed by atoms with van der Waals surface area (Å²) in [6.07, 6.45) is 13.1. The summed E-state index contributed by atoms with van der Waals surface area (Å²) in [7, 11) is 1.49. The topological polar surface area (TPSA) is 80.2 Å². The molecule has 218 valence electrons. The van der Waals surface area contributed by atoms with Crippen molar-refractivity contribution in [3.63, 3.8) is 0 Å². The van der Waals surface area contributed by atoms with Gasteiger partial charge in [0.25, 0.3) is 11.8 Å². The van der Waals surface area contributed by atoms with Crippen LogP contribution in [0.25, 0.3) is 6.08 Å². The maximum absolute atomic E-state index is 13.7. The Hall–Kier alpha value is -3.04. The zero-order valence-corrected chi connectivity index (χ0v) is 24.7. The van der Waals surface area contributed by atoms with E-state index in [1.807, 2.05) is 11.0 Å². The second-order valence-electron chi connectivity index (χ2n) is 10.7. The third-order valence-corrected chi connectivity index (χ3v) is 8.95. The molecule has 1 N–H and O–H groups in total. The Morgan fingerprint density at radius 3 is 2.46 bits per heavy atom. The fourth-order valence-electron chi connectivity index (χ4n) is 5.59. The summed E-state index contributed by atoms with van der Waals surface area (Å²) in [4.78, 5) is 33.7. The highest BCUT2D eigenvalue weighted by Gasteiger charge is 2.39. The standard InChI is InChI=1S/C31H35ClFN3O4S/c1-39-26-17-20(16-25(32)29(26)40-19-28(37)34-23-14-12-21(33)13-15-23)18-27-30(38)36(24-10-6-3-7-11-24)31(41-27)35-22-8-4-2-5-9-22/h12-18,22,24H,2-11,19H2,1H3,(H,34,37). The third-order valence-electron chi connectivity index (χ3n) is 7.67. The second kappa shape index (κ2) is 13.7. The van der Waals surface area contributed by atoms with Gasteiger partial charge in [0, 0.05) is 11.7 Å². The van der Waals surface area contributed by atoms with Gasteiger partial charge in [-0.1, -0.05) is 50.1 Å². The maximum Gasteiger partial charge on any atom is 0.266 e. The number of thioether (sulfide) groups is 1. The minimum atomic E-state index is -0.429. The molecule has 2 aromatic carbocycles. The zero-order chi connectivity index (χ0) is 28.8. The van der Waals surface area contributed by atoms with E-state index in [9.17, 15) is 14.0 Å². The molecule has 5 rings (SSSR count). The molecular formula is C31H35ClFN3O4S. The van der Waals surface area contributed by atoms with Crippen LogP contribution in [0.1, 0.15) is 69.8 Å². The first-order valence-electron chi connectivity index (χ1n) is 14.3. The van der Waals surface area contributed by atoms with E-state index < -0.39 is 11.7 Å². The van der Waals surface area contributed by atoms with Gasteiger partial charge in [-0.25, -0.2) is 4.39 Å². The molecule has 0 unspecified atom stereocenters. The predicted octanol–water partition coefficient (Wildman–Crippen LogP) is 7.44. The minimum Gasteiger partial charge on any atom is -0.493 e.